The van der Waals surface area contributed by atoms with Crippen LogP contribution in [0, 0.1) is 0 Å². The van der Waals surface area contributed by atoms with E-state index in [0.29, 0.717) is 10.6 Å². The molecular formula is C12H11Cl2N3O. The number of hydrogen-bond donors (Lipinski definition) is 0. The van der Waals surface area contributed by atoms with Crippen molar-refractivity contribution in [3.63, 3.8) is 0 Å². The number of rotatable bonds is 4. The standard InChI is InChI=1S/C12H11Cl2N3O/c1-2-3-17-7-8(5-16-17)12(18)11-10(14)4-9(13)6-15-11/h4-7H,2-3H2,1H3. The lowest BCUT2D eigenvalue weighted by Crippen LogP contribution is -2.04. The molecule has 0 aliphatic heterocycles. The SMILES string of the molecule is CCCn1cc(C(=O)c2ncc(Cl)cc2Cl)cn1. The summed E-state index contributed by atoms with van der Waals surface area (Å²) in [7, 11) is 0. The highest BCUT2D eigenvalue weighted by atomic mass is 35.5. The Kier molecular flexibility index (Phi) is 3.99. The summed E-state index contributed by atoms with van der Waals surface area (Å²) in [5, 5.41) is 4.75. The van der Waals surface area contributed by atoms with Gasteiger partial charge in [0.05, 0.1) is 21.8 Å². The molecule has 6 heteroatoms. The Morgan fingerprint density at radius 2 is 2.17 bits per heavy atom. The molecule has 0 aliphatic rings. The lowest BCUT2D eigenvalue weighted by molar-refractivity contribution is 0.103. The molecule has 0 saturated heterocycles. The lowest BCUT2D eigenvalue weighted by Gasteiger charge is -2.00. The molecule has 0 saturated carbocycles. The van der Waals surface area contributed by atoms with Crippen LogP contribution in [-0.2, 0) is 6.54 Å². The first-order valence-electron chi connectivity index (χ1n) is 5.50. The van der Waals surface area contributed by atoms with Gasteiger partial charge in [-0.25, -0.2) is 4.98 Å². The third-order valence-electron chi connectivity index (χ3n) is 2.37. The van der Waals surface area contributed by atoms with Crippen molar-refractivity contribution < 1.29 is 4.79 Å². The maximum absolute atomic E-state index is 12.2. The zero-order valence-corrected chi connectivity index (χ0v) is 11.2. The molecule has 0 spiro atoms. The van der Waals surface area contributed by atoms with Gasteiger partial charge in [0.15, 0.2) is 0 Å². The van der Waals surface area contributed by atoms with E-state index in [1.165, 1.54) is 18.5 Å². The first-order valence-corrected chi connectivity index (χ1v) is 6.25. The first-order chi connectivity index (χ1) is 8.61. The van der Waals surface area contributed by atoms with Crippen molar-refractivity contribution in [2.24, 2.45) is 0 Å². The Morgan fingerprint density at radius 1 is 1.39 bits per heavy atom. The van der Waals surface area contributed by atoms with Gasteiger partial charge in [0.25, 0.3) is 0 Å². The molecule has 2 aromatic rings. The molecule has 4 nitrogen and oxygen atoms in total. The number of halogens is 2. The highest BCUT2D eigenvalue weighted by Crippen LogP contribution is 2.20. The third kappa shape index (κ3) is 2.71. The Morgan fingerprint density at radius 3 is 2.83 bits per heavy atom. The van der Waals surface area contributed by atoms with Crippen LogP contribution in [0.3, 0.4) is 0 Å². The zero-order chi connectivity index (χ0) is 13.1. The third-order valence-corrected chi connectivity index (χ3v) is 2.87. The highest BCUT2D eigenvalue weighted by Gasteiger charge is 2.16. The van der Waals surface area contributed by atoms with Crippen LogP contribution in [0.15, 0.2) is 24.7 Å². The van der Waals surface area contributed by atoms with Crippen LogP contribution < -0.4 is 0 Å². The van der Waals surface area contributed by atoms with E-state index >= 15 is 0 Å². The number of carbonyl (C=O) groups excluding carboxylic acids is 1. The predicted octanol–water partition coefficient (Wildman–Crippen LogP) is 3.23. The van der Waals surface area contributed by atoms with Crippen LogP contribution in [0.5, 0.6) is 0 Å². The molecule has 0 aliphatic carbocycles. The number of nitrogens with zero attached hydrogens (tertiary/aromatic N) is 3. The molecule has 94 valence electrons. The Balaban J connectivity index is 2.29. The minimum Gasteiger partial charge on any atom is -0.287 e. The van der Waals surface area contributed by atoms with Gasteiger partial charge >= 0.3 is 0 Å². The fourth-order valence-electron chi connectivity index (χ4n) is 1.55. The van der Waals surface area contributed by atoms with E-state index in [4.69, 9.17) is 23.2 Å². The lowest BCUT2D eigenvalue weighted by atomic mass is 10.1. The second-order valence-electron chi connectivity index (χ2n) is 3.81. The topological polar surface area (TPSA) is 47.8 Å². The van der Waals surface area contributed by atoms with E-state index in [9.17, 15) is 4.79 Å². The average Bonchev–Trinajstić information content (AvgIpc) is 2.77. The van der Waals surface area contributed by atoms with Gasteiger partial charge in [-0.2, -0.15) is 5.10 Å². The summed E-state index contributed by atoms with van der Waals surface area (Å²) in [5.41, 5.74) is 0.664. The highest BCUT2D eigenvalue weighted by molar-refractivity contribution is 6.37. The van der Waals surface area contributed by atoms with E-state index in [2.05, 4.69) is 10.1 Å². The van der Waals surface area contributed by atoms with Gasteiger partial charge < -0.3 is 0 Å². The second-order valence-corrected chi connectivity index (χ2v) is 4.65. The van der Waals surface area contributed by atoms with Gasteiger partial charge in [0.2, 0.25) is 5.78 Å². The maximum Gasteiger partial charge on any atom is 0.216 e. The van der Waals surface area contributed by atoms with Gasteiger partial charge in [-0.1, -0.05) is 30.1 Å². The smallest absolute Gasteiger partial charge is 0.216 e. The van der Waals surface area contributed by atoms with Crippen molar-refractivity contribution in [3.8, 4) is 0 Å². The van der Waals surface area contributed by atoms with Gasteiger partial charge in [0, 0.05) is 18.9 Å². The van der Waals surface area contributed by atoms with Gasteiger partial charge in [-0.15, -0.1) is 0 Å². The van der Waals surface area contributed by atoms with Gasteiger partial charge in [-0.05, 0) is 12.5 Å². The Bertz CT molecular complexity index is 580. The largest absolute Gasteiger partial charge is 0.287 e. The zero-order valence-electron chi connectivity index (χ0n) is 9.73. The summed E-state index contributed by atoms with van der Waals surface area (Å²) in [6.45, 7) is 2.82. The molecule has 0 unspecified atom stereocenters. The van der Waals surface area contributed by atoms with E-state index in [-0.39, 0.29) is 16.5 Å². The quantitative estimate of drug-likeness (QED) is 0.810. The van der Waals surface area contributed by atoms with Crippen molar-refractivity contribution in [2.75, 3.05) is 0 Å². The van der Waals surface area contributed by atoms with Gasteiger partial charge in [0.1, 0.15) is 5.69 Å². The molecule has 0 bridgehead atoms. The second kappa shape index (κ2) is 5.50. The number of aryl methyl sites for hydroxylation is 1. The predicted molar refractivity (Wildman–Crippen MR) is 70.2 cm³/mol. The van der Waals surface area contributed by atoms with Crippen molar-refractivity contribution in [3.05, 3.63) is 46.0 Å². The van der Waals surface area contributed by atoms with E-state index < -0.39 is 0 Å². The molecule has 0 N–H and O–H groups in total. The average molecular weight is 284 g/mol. The molecular weight excluding hydrogens is 273 g/mol. The van der Waals surface area contributed by atoms with E-state index in [1.807, 2.05) is 6.92 Å². The number of pyridine rings is 1. The fourth-order valence-corrected chi connectivity index (χ4v) is 2.02. The maximum atomic E-state index is 12.2. The van der Waals surface area contributed by atoms with Crippen molar-refractivity contribution in [2.45, 2.75) is 19.9 Å². The summed E-state index contributed by atoms with van der Waals surface area (Å²) in [5.74, 6) is -0.251. The molecule has 0 atom stereocenters. The van der Waals surface area contributed by atoms with Crippen LogP contribution in [0.1, 0.15) is 29.4 Å². The summed E-state index contributed by atoms with van der Waals surface area (Å²) in [6, 6.07) is 1.50. The fraction of sp³-hybridized carbons (Fsp3) is 0.250. The van der Waals surface area contributed by atoms with E-state index in [0.717, 1.165) is 13.0 Å². The summed E-state index contributed by atoms with van der Waals surface area (Å²) in [6.07, 6.45) is 5.56. The summed E-state index contributed by atoms with van der Waals surface area (Å²) >= 11 is 11.7. The van der Waals surface area contributed by atoms with Crippen LogP contribution in [-0.4, -0.2) is 20.5 Å². The van der Waals surface area contributed by atoms with Crippen LogP contribution in [0.4, 0.5) is 0 Å². The number of hydrogen-bond acceptors (Lipinski definition) is 3. The van der Waals surface area contributed by atoms with Crippen LogP contribution in [0.2, 0.25) is 10.0 Å². The van der Waals surface area contributed by atoms with Crippen molar-refractivity contribution >= 4 is 29.0 Å². The van der Waals surface area contributed by atoms with Crippen molar-refractivity contribution in [1.29, 1.82) is 0 Å². The molecule has 2 aromatic heterocycles. The Hall–Kier alpha value is -1.39. The molecule has 0 aromatic carbocycles. The van der Waals surface area contributed by atoms with Crippen LogP contribution in [0.25, 0.3) is 0 Å². The number of ketones is 1. The molecule has 0 fully saturated rings. The van der Waals surface area contributed by atoms with Crippen LogP contribution >= 0.6 is 23.2 Å². The number of aromatic nitrogens is 3. The van der Waals surface area contributed by atoms with Gasteiger partial charge in [-0.3, -0.25) is 9.48 Å². The molecule has 18 heavy (non-hydrogen) atoms. The normalized spacial score (nSPS) is 10.6. The van der Waals surface area contributed by atoms with Crippen molar-refractivity contribution in [1.82, 2.24) is 14.8 Å². The summed E-state index contributed by atoms with van der Waals surface area (Å²) < 4.78 is 1.72. The minimum absolute atomic E-state index is 0.192. The molecule has 0 amide bonds. The minimum atomic E-state index is -0.251. The van der Waals surface area contributed by atoms with E-state index in [1.54, 1.807) is 10.9 Å². The molecule has 2 rings (SSSR count). The summed E-state index contributed by atoms with van der Waals surface area (Å²) in [4.78, 5) is 16.1. The number of carbonyl (C=O) groups is 1. The molecule has 0 radical (unpaired) electrons. The molecule has 2 heterocycles. The monoisotopic (exact) mass is 283 g/mol. The Labute approximate surface area is 115 Å². The first kappa shape index (κ1) is 13.1.